The number of benzene rings is 1. The van der Waals surface area contributed by atoms with E-state index >= 15 is 0 Å². The van der Waals surface area contributed by atoms with Crippen molar-refractivity contribution < 1.29 is 4.79 Å². The maximum Gasteiger partial charge on any atom is 0.340 e. The molecule has 3 N–H and O–H groups in total. The number of amides is 1. The molecule has 0 radical (unpaired) electrons. The molecule has 0 fully saturated rings. The first-order chi connectivity index (χ1) is 9.10. The van der Waals surface area contributed by atoms with Gasteiger partial charge in [0.2, 0.25) is 0 Å². The molecular formula is C13H14N4O2. The molecule has 6 heteroatoms. The summed E-state index contributed by atoms with van der Waals surface area (Å²) in [4.78, 5) is 25.4. The number of nitrogens with zero attached hydrogens (tertiary/aromatic N) is 1. The van der Waals surface area contributed by atoms with E-state index in [-0.39, 0.29) is 11.9 Å². The molecule has 0 aliphatic rings. The van der Waals surface area contributed by atoms with Gasteiger partial charge in [0.15, 0.2) is 5.82 Å². The lowest BCUT2D eigenvalue weighted by molar-refractivity contribution is 0.0938. The van der Waals surface area contributed by atoms with Gasteiger partial charge in [-0.15, -0.1) is 0 Å². The van der Waals surface area contributed by atoms with Crippen LogP contribution in [0, 0.1) is 0 Å². The average molecular weight is 258 g/mol. The standard InChI is InChI=1S/C13H14N4O2/c1-3-9-4-6-10(7-5-9)12(18)14-8(2)11-15-13(19)17-16-11/h3-8H,1H2,2H3,(H,14,18)(H2,15,16,17,19). The first-order valence-electron chi connectivity index (χ1n) is 5.78. The van der Waals surface area contributed by atoms with Crippen molar-refractivity contribution in [1.82, 2.24) is 20.5 Å². The smallest absolute Gasteiger partial charge is 0.340 e. The SMILES string of the molecule is C=Cc1ccc(C(=O)NC(C)c2n[nH]c(=O)[nH]2)cc1. The number of aromatic amines is 2. The van der Waals surface area contributed by atoms with E-state index in [1.165, 1.54) is 0 Å². The summed E-state index contributed by atoms with van der Waals surface area (Å²) < 4.78 is 0. The van der Waals surface area contributed by atoms with Crippen LogP contribution in [0.1, 0.15) is 34.7 Å². The Hall–Kier alpha value is -2.63. The number of H-pyrrole nitrogens is 2. The van der Waals surface area contributed by atoms with Crippen molar-refractivity contribution >= 4 is 12.0 Å². The fourth-order valence-corrected chi connectivity index (χ4v) is 1.61. The summed E-state index contributed by atoms with van der Waals surface area (Å²) in [6.45, 7) is 5.39. The number of nitrogens with one attached hydrogen (secondary N) is 3. The second-order valence-electron chi connectivity index (χ2n) is 4.08. The van der Waals surface area contributed by atoms with Crippen molar-refractivity contribution in [3.63, 3.8) is 0 Å². The fraction of sp³-hybridized carbons (Fsp3) is 0.154. The predicted molar refractivity (Wildman–Crippen MR) is 71.6 cm³/mol. The molecule has 1 amide bonds. The maximum atomic E-state index is 12.0. The van der Waals surface area contributed by atoms with Crippen LogP contribution in [0.25, 0.3) is 6.08 Å². The van der Waals surface area contributed by atoms with Crippen LogP contribution in [0.15, 0.2) is 35.6 Å². The molecule has 2 aromatic rings. The Kier molecular flexibility index (Phi) is 3.61. The molecule has 1 atom stereocenters. The number of rotatable bonds is 4. The third-order valence-corrected chi connectivity index (χ3v) is 2.69. The molecule has 1 unspecified atom stereocenters. The zero-order valence-electron chi connectivity index (χ0n) is 10.4. The number of hydrogen-bond acceptors (Lipinski definition) is 3. The van der Waals surface area contributed by atoms with Crippen LogP contribution in [-0.2, 0) is 0 Å². The third kappa shape index (κ3) is 2.98. The largest absolute Gasteiger partial charge is 0.342 e. The molecule has 98 valence electrons. The van der Waals surface area contributed by atoms with Gasteiger partial charge in [0.25, 0.3) is 5.91 Å². The van der Waals surface area contributed by atoms with Crippen molar-refractivity contribution in [2.24, 2.45) is 0 Å². The van der Waals surface area contributed by atoms with Crippen LogP contribution >= 0.6 is 0 Å². The van der Waals surface area contributed by atoms with Gasteiger partial charge in [0.1, 0.15) is 0 Å². The highest BCUT2D eigenvalue weighted by Crippen LogP contribution is 2.08. The molecule has 2 rings (SSSR count). The van der Waals surface area contributed by atoms with Crippen LogP contribution in [0.5, 0.6) is 0 Å². The van der Waals surface area contributed by atoms with E-state index in [9.17, 15) is 9.59 Å². The first kappa shape index (κ1) is 12.8. The molecule has 1 aromatic heterocycles. The van der Waals surface area contributed by atoms with E-state index < -0.39 is 5.69 Å². The van der Waals surface area contributed by atoms with E-state index in [0.717, 1.165) is 5.56 Å². The molecule has 1 heterocycles. The minimum absolute atomic E-state index is 0.230. The number of aromatic nitrogens is 3. The van der Waals surface area contributed by atoms with Gasteiger partial charge in [-0.3, -0.25) is 9.78 Å². The van der Waals surface area contributed by atoms with Crippen LogP contribution in [0.3, 0.4) is 0 Å². The minimum atomic E-state index is -0.397. The Labute approximate surface area is 109 Å². The zero-order chi connectivity index (χ0) is 13.8. The van der Waals surface area contributed by atoms with Gasteiger partial charge < -0.3 is 5.32 Å². The normalized spacial score (nSPS) is 11.8. The van der Waals surface area contributed by atoms with Crippen molar-refractivity contribution in [3.8, 4) is 0 Å². The number of carbonyl (C=O) groups is 1. The Bertz CT molecular complexity index is 639. The lowest BCUT2D eigenvalue weighted by atomic mass is 10.1. The summed E-state index contributed by atoms with van der Waals surface area (Å²) in [6.07, 6.45) is 1.71. The fourth-order valence-electron chi connectivity index (χ4n) is 1.61. The van der Waals surface area contributed by atoms with Crippen LogP contribution < -0.4 is 11.0 Å². The van der Waals surface area contributed by atoms with Crippen LogP contribution in [0.2, 0.25) is 0 Å². The highest BCUT2D eigenvalue weighted by atomic mass is 16.2. The van der Waals surface area contributed by atoms with Crippen molar-refractivity contribution in [2.45, 2.75) is 13.0 Å². The Morgan fingerprint density at radius 1 is 1.42 bits per heavy atom. The Morgan fingerprint density at radius 3 is 2.63 bits per heavy atom. The van der Waals surface area contributed by atoms with Gasteiger partial charge >= 0.3 is 5.69 Å². The third-order valence-electron chi connectivity index (χ3n) is 2.69. The monoisotopic (exact) mass is 258 g/mol. The van der Waals surface area contributed by atoms with Gasteiger partial charge in [0.05, 0.1) is 6.04 Å². The summed E-state index contributed by atoms with van der Waals surface area (Å²) in [7, 11) is 0. The molecule has 19 heavy (non-hydrogen) atoms. The van der Waals surface area contributed by atoms with Crippen LogP contribution in [0.4, 0.5) is 0 Å². The lowest BCUT2D eigenvalue weighted by Gasteiger charge is -2.10. The molecule has 0 aliphatic heterocycles. The molecule has 0 bridgehead atoms. The molecule has 0 saturated carbocycles. The molecule has 1 aromatic carbocycles. The van der Waals surface area contributed by atoms with E-state index in [0.29, 0.717) is 11.4 Å². The highest BCUT2D eigenvalue weighted by molar-refractivity contribution is 5.94. The molecule has 0 aliphatic carbocycles. The van der Waals surface area contributed by atoms with E-state index in [4.69, 9.17) is 0 Å². The second kappa shape index (κ2) is 5.34. The topological polar surface area (TPSA) is 90.6 Å². The Morgan fingerprint density at radius 2 is 2.11 bits per heavy atom. The molecular weight excluding hydrogens is 244 g/mol. The average Bonchev–Trinajstić information content (AvgIpc) is 2.85. The quantitative estimate of drug-likeness (QED) is 0.770. The molecule has 0 spiro atoms. The summed E-state index contributed by atoms with van der Waals surface area (Å²) in [5, 5.41) is 8.77. The van der Waals surface area contributed by atoms with Crippen LogP contribution in [-0.4, -0.2) is 21.1 Å². The van der Waals surface area contributed by atoms with Crippen molar-refractivity contribution in [1.29, 1.82) is 0 Å². The van der Waals surface area contributed by atoms with Gasteiger partial charge in [-0.2, -0.15) is 5.10 Å². The molecule has 0 saturated heterocycles. The highest BCUT2D eigenvalue weighted by Gasteiger charge is 2.13. The summed E-state index contributed by atoms with van der Waals surface area (Å²) in [5.74, 6) is 0.160. The Balaban J connectivity index is 2.07. The minimum Gasteiger partial charge on any atom is -0.342 e. The molecule has 6 nitrogen and oxygen atoms in total. The van der Waals surface area contributed by atoms with Gasteiger partial charge in [-0.25, -0.2) is 9.89 Å². The van der Waals surface area contributed by atoms with E-state index in [1.807, 2.05) is 12.1 Å². The van der Waals surface area contributed by atoms with Crippen molar-refractivity contribution in [3.05, 3.63) is 58.3 Å². The van der Waals surface area contributed by atoms with E-state index in [2.05, 4.69) is 27.1 Å². The second-order valence-corrected chi connectivity index (χ2v) is 4.08. The predicted octanol–water partition coefficient (Wildman–Crippen LogP) is 1.23. The maximum absolute atomic E-state index is 12.0. The zero-order valence-corrected chi connectivity index (χ0v) is 10.4. The van der Waals surface area contributed by atoms with Crippen molar-refractivity contribution in [2.75, 3.05) is 0 Å². The summed E-state index contributed by atoms with van der Waals surface area (Å²) >= 11 is 0. The van der Waals surface area contributed by atoms with Gasteiger partial charge in [-0.1, -0.05) is 24.8 Å². The van der Waals surface area contributed by atoms with Gasteiger partial charge in [0, 0.05) is 5.56 Å². The lowest BCUT2D eigenvalue weighted by Crippen LogP contribution is -2.27. The number of hydrogen-bond donors (Lipinski definition) is 3. The van der Waals surface area contributed by atoms with E-state index in [1.54, 1.807) is 25.1 Å². The summed E-state index contributed by atoms with van der Waals surface area (Å²) in [6, 6.07) is 6.66. The first-order valence-corrected chi connectivity index (χ1v) is 5.78. The summed E-state index contributed by atoms with van der Waals surface area (Å²) in [5.41, 5.74) is 1.09. The number of carbonyl (C=O) groups excluding carboxylic acids is 1. The van der Waals surface area contributed by atoms with Gasteiger partial charge in [-0.05, 0) is 24.6 Å².